The van der Waals surface area contributed by atoms with Crippen molar-refractivity contribution in [3.8, 4) is 34.2 Å². The fourth-order valence-corrected chi connectivity index (χ4v) is 17.1. The van der Waals surface area contributed by atoms with Crippen LogP contribution in [0.1, 0.15) is 156 Å². The molecule has 0 spiro atoms. The Labute approximate surface area is 785 Å². The van der Waals surface area contributed by atoms with Gasteiger partial charge in [0.05, 0.1) is 139 Å². The highest BCUT2D eigenvalue weighted by Crippen LogP contribution is 2.45. The number of anilines is 10. The molecule has 14 aromatic rings. The second-order valence-corrected chi connectivity index (χ2v) is 39.4. The number of alkyl halides is 6. The third-order valence-corrected chi connectivity index (χ3v) is 26.5. The van der Waals surface area contributed by atoms with E-state index in [9.17, 15) is 51.6 Å². The molecule has 0 bridgehead atoms. The predicted molar refractivity (Wildman–Crippen MR) is 506 cm³/mol. The van der Waals surface area contributed by atoms with Crippen LogP contribution in [0.2, 0.25) is 5.15 Å². The maximum Gasteiger partial charge on any atom is 0.295 e. The molecule has 3 aliphatic rings. The van der Waals surface area contributed by atoms with Gasteiger partial charge in [0.1, 0.15) is 57.6 Å². The van der Waals surface area contributed by atoms with Gasteiger partial charge in [-0.15, -0.1) is 0 Å². The molecule has 14 heterocycles. The van der Waals surface area contributed by atoms with Gasteiger partial charge in [-0.05, 0) is 168 Å². The van der Waals surface area contributed by atoms with Crippen molar-refractivity contribution in [1.82, 2.24) is 108 Å². The second-order valence-electron chi connectivity index (χ2n) is 32.9. The van der Waals surface area contributed by atoms with E-state index in [1.54, 1.807) is 141 Å². The summed E-state index contributed by atoms with van der Waals surface area (Å²) >= 11 is 6.34. The maximum absolute atomic E-state index is 14.6. The number of nitrogens with zero attached hydrogens (tertiary/aromatic N) is 26. The van der Waals surface area contributed by atoms with Crippen LogP contribution in [0.5, 0.6) is 0 Å². The minimum atomic E-state index is -3.71. The Morgan fingerprint density at radius 3 is 1.17 bits per heavy atom. The summed E-state index contributed by atoms with van der Waals surface area (Å²) in [6.07, 6.45) is 3.25. The Kier molecular flexibility index (Phi) is 29.2. The second kappa shape index (κ2) is 40.3. The highest BCUT2D eigenvalue weighted by Gasteiger charge is 2.35. The number of aliphatic imine (C=N–C) groups is 1. The molecule has 2 unspecified atom stereocenters. The quantitative estimate of drug-likeness (QED) is 0.0322. The van der Waals surface area contributed by atoms with Crippen LogP contribution >= 0.6 is 11.6 Å². The van der Waals surface area contributed by atoms with Crippen molar-refractivity contribution in [3.05, 3.63) is 188 Å². The van der Waals surface area contributed by atoms with Gasteiger partial charge in [0.2, 0.25) is 30.1 Å². The normalized spacial score (nSPS) is 14.5. The Balaban J connectivity index is 0.000000156. The van der Waals surface area contributed by atoms with Crippen molar-refractivity contribution in [2.75, 3.05) is 87.7 Å². The van der Waals surface area contributed by atoms with E-state index in [4.69, 9.17) is 31.8 Å². The van der Waals surface area contributed by atoms with E-state index in [0.29, 0.717) is 164 Å². The van der Waals surface area contributed by atoms with E-state index in [1.165, 1.54) is 36.3 Å². The van der Waals surface area contributed by atoms with E-state index in [1.807, 2.05) is 41.5 Å². The monoisotopic (exact) mass is 1950 g/mol. The minimum absolute atomic E-state index is 0.0481. The summed E-state index contributed by atoms with van der Waals surface area (Å²) in [6.45, 7) is 17.4. The third-order valence-electron chi connectivity index (χ3n) is 22.7. The molecular weight excluding hydrogens is 1850 g/mol. The van der Waals surface area contributed by atoms with E-state index in [0.717, 1.165) is 91.5 Å². The van der Waals surface area contributed by atoms with Gasteiger partial charge in [0.15, 0.2) is 40.4 Å². The van der Waals surface area contributed by atoms with Gasteiger partial charge in [-0.3, -0.25) is 52.0 Å². The summed E-state index contributed by atoms with van der Waals surface area (Å²) in [5, 5.41) is 22.6. The molecule has 718 valence electrons. The molecule has 5 N–H and O–H groups in total. The highest BCUT2D eigenvalue weighted by atomic mass is 35.5. The minimum Gasteiger partial charge on any atom is -0.382 e. The molecule has 0 saturated carbocycles. The largest absolute Gasteiger partial charge is 0.382 e. The third kappa shape index (κ3) is 22.2. The first-order chi connectivity index (χ1) is 64.2. The first-order valence-electron chi connectivity index (χ1n) is 42.7. The summed E-state index contributed by atoms with van der Waals surface area (Å²) < 4.78 is 183. The number of imidazole rings is 2. The highest BCUT2D eigenvalue weighted by molar-refractivity contribution is 7.92. The van der Waals surface area contributed by atoms with Gasteiger partial charge in [-0.2, -0.15) is 15.3 Å². The van der Waals surface area contributed by atoms with E-state index in [-0.39, 0.29) is 57.4 Å². The van der Waals surface area contributed by atoms with Gasteiger partial charge in [-0.1, -0.05) is 11.6 Å². The van der Waals surface area contributed by atoms with Crippen molar-refractivity contribution in [2.24, 2.45) is 26.1 Å². The lowest BCUT2D eigenvalue weighted by molar-refractivity contribution is -0.0363. The van der Waals surface area contributed by atoms with Gasteiger partial charge >= 0.3 is 0 Å². The van der Waals surface area contributed by atoms with Crippen LogP contribution in [0, 0.1) is 62.3 Å². The SMILES string of the molecule is Cc1nc(-c2ccc(Nc3cc(Cc4cnc(C)c(C)n4)nc4c3N=C(C(F)F)C4)c(N(C)S(C)(=O)=O)c2)n(C)n1.Cc1nc(-c2ccc(Nc3cc(Cc4cnc(C)c(C)n4)nc4c3nc(C(F)F)n4C3CCCCO3)c(N(C)S(C)(=O)=O)c2)n(C)n1.Cc1nc(-c2ccc(Nc3cc(Cl)nc4c3nc(C(F)F)n4C3CCCCO3)c(N(C)S(C)(=O)=O)c2)n(C)n1.Cc1ncc(N)nc1C. The molecule has 11 aromatic heterocycles. The number of hydrogen-bond donors (Lipinski definition) is 4. The zero-order chi connectivity index (χ0) is 98.2. The van der Waals surface area contributed by atoms with Crippen molar-refractivity contribution >= 4 is 132 Å². The number of nitrogen functional groups attached to an aromatic ring is 1. The lowest BCUT2D eigenvalue weighted by Crippen LogP contribution is -2.25. The van der Waals surface area contributed by atoms with Gasteiger partial charge in [-0.25, -0.2) is 111 Å². The standard InChI is InChI=1S/C31H36F2N10O3S.C27H29F2N9O2S.C24H27ClF2N8O3S.C6H9N3/c1-17-18(2)35-22(16-34-17)14-21-15-24(27-30(37-21)43(31(39-27)28(32)33)26-9-7-8-12-46-26)38-23-11-10-20(29-36-19(3)40-41(29)4)13-25(23)42(5)47(6,44)45;1-14-15(2)31-19(13-30-14)10-18-11-21(25-22(33-18)12-23(35-25)26(28)29)34-20-8-7-17(27-32-16(3)36-37(27)4)9-24(20)38(5)41(6,39)40;1-13-28-22(33(2)32-13)14-8-9-15(17(11-14)34(3)39(4,36)37)29-16-12-18(25)30-23-20(16)31-24(21(26)27)35(23)19-7-5-6-10-38-19;1-4-5(2)9-6(7)3-8-4/h10-11,13,15-16,26,28H,7-9,12,14H2,1-6H3,(H,37,38);7-9,11,13,26H,10,12H2,1-6H3,(H,33,34);8-9,11-12,19,21H,5-7,10H2,1-4H3,(H,29,30);3H,1-2H3,(H2,7,9). The molecule has 136 heavy (non-hydrogen) atoms. The number of aromatic nitrogens is 22. The number of sulfonamides is 3. The van der Waals surface area contributed by atoms with E-state index < -0.39 is 73.5 Å². The number of halogens is 7. The van der Waals surface area contributed by atoms with E-state index >= 15 is 0 Å². The predicted octanol–water partition coefficient (Wildman–Crippen LogP) is 15.2. The summed E-state index contributed by atoms with van der Waals surface area (Å²) in [7, 11) is -1.51. The number of rotatable bonds is 24. The number of aryl methyl sites for hydroxylation is 12. The Hall–Kier alpha value is -13.4. The maximum atomic E-state index is 14.6. The number of fused-ring (bicyclic) bond motifs is 3. The van der Waals surface area contributed by atoms with Crippen LogP contribution in [-0.2, 0) is 79.9 Å². The molecular formula is C88H101ClF6N30O8S3. The molecule has 2 atom stereocenters. The van der Waals surface area contributed by atoms with Crippen LogP contribution in [0.25, 0.3) is 56.5 Å². The van der Waals surface area contributed by atoms with Crippen LogP contribution in [-0.4, -0.2) is 199 Å². The average molecular weight is 1950 g/mol. The van der Waals surface area contributed by atoms with Crippen molar-refractivity contribution in [3.63, 3.8) is 0 Å². The summed E-state index contributed by atoms with van der Waals surface area (Å²) in [4.78, 5) is 65.9. The number of nitrogens with one attached hydrogen (secondary N) is 3. The van der Waals surface area contributed by atoms with Gasteiger partial charge < -0.3 is 31.2 Å². The number of benzene rings is 3. The van der Waals surface area contributed by atoms with Crippen molar-refractivity contribution in [1.29, 1.82) is 0 Å². The molecule has 2 fully saturated rings. The van der Waals surface area contributed by atoms with Crippen molar-refractivity contribution < 1.29 is 61.1 Å². The van der Waals surface area contributed by atoms with Gasteiger partial charge in [0, 0.05) is 116 Å². The fourth-order valence-electron chi connectivity index (χ4n) is 15.4. The smallest absolute Gasteiger partial charge is 0.295 e. The number of ether oxygens (including phenoxy) is 2. The summed E-state index contributed by atoms with van der Waals surface area (Å²) in [6, 6.07) is 20.4. The number of nitrogens with two attached hydrogens (primary N) is 1. The summed E-state index contributed by atoms with van der Waals surface area (Å²) in [5.41, 5.74) is 19.1. The molecule has 3 aromatic carbocycles. The Bertz CT molecular complexity index is 7290. The zero-order valence-corrected chi connectivity index (χ0v) is 80.9. The molecule has 17 rings (SSSR count). The van der Waals surface area contributed by atoms with E-state index in [2.05, 4.69) is 101 Å². The van der Waals surface area contributed by atoms with Crippen LogP contribution in [0.3, 0.4) is 0 Å². The zero-order valence-electron chi connectivity index (χ0n) is 77.7. The average Bonchev–Trinajstić information content (AvgIpc) is 1.59. The Morgan fingerprint density at radius 2 is 0.816 bits per heavy atom. The first kappa shape index (κ1) is 98.6. The molecule has 0 radical (unpaired) electrons. The molecule has 48 heteroatoms. The van der Waals surface area contributed by atoms with Crippen LogP contribution in [0.4, 0.5) is 89.0 Å². The first-order valence-corrected chi connectivity index (χ1v) is 48.7. The molecule has 3 aliphatic heterocycles. The lowest BCUT2D eigenvalue weighted by atomic mass is 10.1. The number of hydrogen-bond acceptors (Lipinski definition) is 30. The molecule has 2 saturated heterocycles. The fraction of sp³-hybridized carbons (Fsp3) is 0.386. The Morgan fingerprint density at radius 1 is 0.441 bits per heavy atom. The van der Waals surface area contributed by atoms with Crippen LogP contribution < -0.4 is 34.6 Å². The number of pyridine rings is 3. The molecule has 0 amide bonds. The molecule has 0 aliphatic carbocycles. The molecule has 38 nitrogen and oxygen atoms in total. The summed E-state index contributed by atoms with van der Waals surface area (Å²) in [5.74, 6) is 2.91. The van der Waals surface area contributed by atoms with Crippen LogP contribution in [0.15, 0.2) is 96.4 Å². The van der Waals surface area contributed by atoms with Crippen molar-refractivity contribution in [2.45, 2.75) is 152 Å². The lowest BCUT2D eigenvalue weighted by Gasteiger charge is -2.25. The van der Waals surface area contributed by atoms with Gasteiger partial charge in [0.25, 0.3) is 19.3 Å². The topological polar surface area (TPSA) is 449 Å².